The number of aromatic amines is 1. The predicted molar refractivity (Wildman–Crippen MR) is 110 cm³/mol. The van der Waals surface area contributed by atoms with Gasteiger partial charge in [-0.25, -0.2) is 14.8 Å². The Morgan fingerprint density at radius 2 is 1.93 bits per heavy atom. The van der Waals surface area contributed by atoms with Crippen molar-refractivity contribution in [1.29, 1.82) is 0 Å². The number of nitrogens with one attached hydrogen (secondary N) is 1. The summed E-state index contributed by atoms with van der Waals surface area (Å²) in [6.45, 7) is 7.80. The van der Waals surface area contributed by atoms with E-state index in [0.717, 1.165) is 32.3 Å². The highest BCUT2D eigenvalue weighted by Crippen LogP contribution is 2.47. The van der Waals surface area contributed by atoms with Crippen LogP contribution < -0.4 is 5.73 Å². The van der Waals surface area contributed by atoms with Crippen molar-refractivity contribution in [2.24, 2.45) is 0 Å². The summed E-state index contributed by atoms with van der Waals surface area (Å²) >= 11 is 7.54. The lowest BCUT2D eigenvalue weighted by Gasteiger charge is -2.05. The molecule has 0 amide bonds. The van der Waals surface area contributed by atoms with Crippen molar-refractivity contribution in [3.63, 3.8) is 0 Å². The van der Waals surface area contributed by atoms with Crippen molar-refractivity contribution < 1.29 is 0 Å². The van der Waals surface area contributed by atoms with E-state index >= 15 is 0 Å². The van der Waals surface area contributed by atoms with Crippen LogP contribution in [0.4, 0.5) is 11.5 Å². The van der Waals surface area contributed by atoms with Crippen LogP contribution in [0.15, 0.2) is 55.0 Å². The monoisotopic (exact) mass is 391 g/mol. The van der Waals surface area contributed by atoms with Gasteiger partial charge < -0.3 is 10.7 Å². The van der Waals surface area contributed by atoms with Crippen molar-refractivity contribution in [3.05, 3.63) is 82.6 Å². The van der Waals surface area contributed by atoms with Crippen LogP contribution in [0.5, 0.6) is 0 Å². The molecule has 1 aromatic carbocycles. The Kier molecular flexibility index (Phi) is 4.63. The number of nitrogens with zero attached hydrogens (tertiary/aromatic N) is 3. The first kappa shape index (κ1) is 17.3. The van der Waals surface area contributed by atoms with Gasteiger partial charge in [0.1, 0.15) is 11.6 Å². The molecule has 0 saturated carbocycles. The lowest BCUT2D eigenvalue weighted by atomic mass is 10.0. The van der Waals surface area contributed by atoms with Crippen molar-refractivity contribution in [2.75, 3.05) is 5.73 Å². The normalized spacial score (nSPS) is 10.7. The molecule has 27 heavy (non-hydrogen) atoms. The molecule has 3 N–H and O–H groups in total. The summed E-state index contributed by atoms with van der Waals surface area (Å²) in [5.74, 6) is 1.18. The van der Waals surface area contributed by atoms with Gasteiger partial charge in [-0.05, 0) is 47.4 Å². The minimum Gasteiger partial charge on any atom is -0.384 e. The standard InChI is InChI=1S/C20H14ClN5S/c1-23-17-15(10-12-2-4-14(21)5-3-12)19(20-25-8-9-26-20)27-18(17)13-6-7-24-16(22)11-13/h2-9,11H,10H2,(H2,22,24)(H,25,26). The molecule has 0 radical (unpaired) electrons. The van der Waals surface area contributed by atoms with E-state index in [1.165, 1.54) is 11.3 Å². The minimum atomic E-state index is 0.427. The second kappa shape index (κ2) is 7.23. The Bertz CT molecular complexity index is 1120. The minimum absolute atomic E-state index is 0.427. The van der Waals surface area contributed by atoms with Crippen LogP contribution in [0.3, 0.4) is 0 Å². The van der Waals surface area contributed by atoms with Crippen LogP contribution in [-0.2, 0) is 6.42 Å². The number of pyridine rings is 1. The third kappa shape index (κ3) is 3.43. The zero-order chi connectivity index (χ0) is 18.8. The Morgan fingerprint density at radius 3 is 2.59 bits per heavy atom. The SMILES string of the molecule is [C-]#[N+]c1c(-c2ccnc(N)c2)sc(-c2ncc[nH]2)c1Cc1ccc(Cl)cc1. The number of halogens is 1. The number of nitrogen functional groups attached to an aromatic ring is 1. The van der Waals surface area contributed by atoms with E-state index in [1.807, 2.05) is 30.3 Å². The largest absolute Gasteiger partial charge is 0.384 e. The van der Waals surface area contributed by atoms with E-state index in [-0.39, 0.29) is 0 Å². The van der Waals surface area contributed by atoms with Crippen LogP contribution in [0.25, 0.3) is 26.0 Å². The van der Waals surface area contributed by atoms with Gasteiger partial charge in [0.15, 0.2) is 0 Å². The van der Waals surface area contributed by atoms with Gasteiger partial charge >= 0.3 is 0 Å². The number of anilines is 1. The fraction of sp³-hybridized carbons (Fsp3) is 0.0500. The van der Waals surface area contributed by atoms with Crippen LogP contribution in [0.1, 0.15) is 11.1 Å². The van der Waals surface area contributed by atoms with Crippen molar-refractivity contribution in [1.82, 2.24) is 15.0 Å². The molecule has 0 aliphatic carbocycles. The molecule has 4 rings (SSSR count). The highest BCUT2D eigenvalue weighted by Gasteiger charge is 2.22. The summed E-state index contributed by atoms with van der Waals surface area (Å²) in [7, 11) is 0. The summed E-state index contributed by atoms with van der Waals surface area (Å²) in [4.78, 5) is 17.3. The number of hydrogen-bond donors (Lipinski definition) is 2. The van der Waals surface area contributed by atoms with E-state index in [0.29, 0.717) is 22.9 Å². The van der Waals surface area contributed by atoms with E-state index in [4.69, 9.17) is 23.9 Å². The van der Waals surface area contributed by atoms with Crippen molar-refractivity contribution >= 4 is 34.4 Å². The van der Waals surface area contributed by atoms with Crippen LogP contribution in [0, 0.1) is 6.57 Å². The van der Waals surface area contributed by atoms with Crippen molar-refractivity contribution in [2.45, 2.75) is 6.42 Å². The summed E-state index contributed by atoms with van der Waals surface area (Å²) in [5.41, 5.74) is 9.37. The van der Waals surface area contributed by atoms with Crippen LogP contribution in [0.2, 0.25) is 5.02 Å². The third-order valence-corrected chi connectivity index (χ3v) is 5.67. The van der Waals surface area contributed by atoms with Gasteiger partial charge in [-0.15, -0.1) is 11.3 Å². The van der Waals surface area contributed by atoms with Gasteiger partial charge in [-0.2, -0.15) is 0 Å². The molecule has 0 aliphatic rings. The maximum atomic E-state index is 7.80. The number of aromatic nitrogens is 3. The van der Waals surface area contributed by atoms with E-state index in [2.05, 4.69) is 19.8 Å². The molecule has 4 aromatic rings. The quantitative estimate of drug-likeness (QED) is 0.446. The Morgan fingerprint density at radius 1 is 1.11 bits per heavy atom. The number of hydrogen-bond acceptors (Lipinski definition) is 4. The number of benzene rings is 1. The first-order chi connectivity index (χ1) is 13.2. The molecule has 3 aromatic heterocycles. The molecule has 7 heteroatoms. The van der Waals surface area contributed by atoms with Gasteiger partial charge in [0, 0.05) is 28.5 Å². The summed E-state index contributed by atoms with van der Waals surface area (Å²) in [6.07, 6.45) is 5.76. The number of rotatable bonds is 4. The molecule has 5 nitrogen and oxygen atoms in total. The molecule has 0 fully saturated rings. The summed E-state index contributed by atoms with van der Waals surface area (Å²) in [6, 6.07) is 11.3. The second-order valence-electron chi connectivity index (χ2n) is 5.91. The molecule has 0 bridgehead atoms. The fourth-order valence-electron chi connectivity index (χ4n) is 2.91. The van der Waals surface area contributed by atoms with Crippen LogP contribution in [-0.4, -0.2) is 15.0 Å². The molecular formula is C20H14ClN5S. The van der Waals surface area contributed by atoms with Gasteiger partial charge in [0.25, 0.3) is 0 Å². The van der Waals surface area contributed by atoms with Gasteiger partial charge in [0.05, 0.1) is 11.4 Å². The molecule has 0 spiro atoms. The molecular weight excluding hydrogens is 378 g/mol. The lowest BCUT2D eigenvalue weighted by Crippen LogP contribution is -1.90. The maximum absolute atomic E-state index is 7.80. The zero-order valence-corrected chi connectivity index (χ0v) is 15.7. The fourth-order valence-corrected chi connectivity index (χ4v) is 4.25. The molecule has 132 valence electrons. The van der Waals surface area contributed by atoms with Crippen LogP contribution >= 0.6 is 22.9 Å². The Hall–Kier alpha value is -3.14. The average Bonchev–Trinajstić information content (AvgIpc) is 3.31. The molecule has 3 heterocycles. The summed E-state index contributed by atoms with van der Waals surface area (Å²) < 4.78 is 0. The molecule has 0 saturated heterocycles. The summed E-state index contributed by atoms with van der Waals surface area (Å²) in [5, 5.41) is 0.689. The van der Waals surface area contributed by atoms with Crippen molar-refractivity contribution in [3.8, 4) is 21.1 Å². The smallest absolute Gasteiger partial charge is 0.209 e. The highest BCUT2D eigenvalue weighted by molar-refractivity contribution is 7.19. The topological polar surface area (TPSA) is 71.9 Å². The number of thiophene rings is 1. The molecule has 0 aliphatic heterocycles. The van der Waals surface area contributed by atoms with E-state index in [9.17, 15) is 0 Å². The highest BCUT2D eigenvalue weighted by atomic mass is 35.5. The zero-order valence-electron chi connectivity index (χ0n) is 14.1. The van der Waals surface area contributed by atoms with Gasteiger partial charge in [0.2, 0.25) is 5.69 Å². The number of imidazole rings is 1. The first-order valence-electron chi connectivity index (χ1n) is 8.15. The molecule has 0 unspecified atom stereocenters. The third-order valence-electron chi connectivity index (χ3n) is 4.14. The van der Waals surface area contributed by atoms with Gasteiger partial charge in [-0.1, -0.05) is 23.7 Å². The average molecular weight is 392 g/mol. The Balaban J connectivity index is 1.90. The number of nitrogens with two attached hydrogens (primary N) is 1. The van der Waals surface area contributed by atoms with Gasteiger partial charge in [-0.3, -0.25) is 0 Å². The van der Waals surface area contributed by atoms with E-state index < -0.39 is 0 Å². The Labute approximate surface area is 165 Å². The van der Waals surface area contributed by atoms with E-state index in [1.54, 1.807) is 24.7 Å². The first-order valence-corrected chi connectivity index (χ1v) is 9.34. The maximum Gasteiger partial charge on any atom is 0.209 e. The number of H-pyrrole nitrogens is 1. The lowest BCUT2D eigenvalue weighted by molar-refractivity contribution is 1.20. The second-order valence-corrected chi connectivity index (χ2v) is 7.37. The predicted octanol–water partition coefficient (Wildman–Crippen LogP) is 5.58. The molecule has 0 atom stereocenters.